The predicted octanol–water partition coefficient (Wildman–Crippen LogP) is 2.61. The number of rotatable bonds is 5. The monoisotopic (exact) mass is 300 g/mol. The first-order valence-corrected chi connectivity index (χ1v) is 7.22. The Morgan fingerprint density at radius 2 is 2.05 bits per heavy atom. The molecule has 0 aliphatic carbocycles. The van der Waals surface area contributed by atoms with E-state index < -0.39 is 12.0 Å². The second kappa shape index (κ2) is 6.93. The van der Waals surface area contributed by atoms with Crippen LogP contribution in [0.25, 0.3) is 0 Å². The lowest BCUT2D eigenvalue weighted by Crippen LogP contribution is -2.45. The fourth-order valence-corrected chi connectivity index (χ4v) is 2.37. The minimum Gasteiger partial charge on any atom is -0.458 e. The number of carbonyl (C=O) groups is 2. The van der Waals surface area contributed by atoms with Gasteiger partial charge in [0.1, 0.15) is 6.61 Å². The van der Waals surface area contributed by atoms with Gasteiger partial charge in [0, 0.05) is 5.70 Å². The van der Waals surface area contributed by atoms with E-state index in [1.807, 2.05) is 24.3 Å². The summed E-state index contributed by atoms with van der Waals surface area (Å²) in [6, 6.07) is 6.97. The Morgan fingerprint density at radius 1 is 1.36 bits per heavy atom. The zero-order chi connectivity index (χ0) is 16.1. The molecule has 1 heterocycles. The van der Waals surface area contributed by atoms with E-state index in [9.17, 15) is 9.59 Å². The third-order valence-corrected chi connectivity index (χ3v) is 3.54. The second-order valence-corrected chi connectivity index (χ2v) is 5.05. The van der Waals surface area contributed by atoms with Gasteiger partial charge >= 0.3 is 12.0 Å². The van der Waals surface area contributed by atoms with Crippen molar-refractivity contribution in [2.45, 2.75) is 26.3 Å². The van der Waals surface area contributed by atoms with Crippen molar-refractivity contribution >= 4 is 12.0 Å². The molecule has 0 aromatic heterocycles. The summed E-state index contributed by atoms with van der Waals surface area (Å²) in [4.78, 5) is 24.0. The summed E-state index contributed by atoms with van der Waals surface area (Å²) in [5, 5.41) is 5.39. The van der Waals surface area contributed by atoms with E-state index in [0.29, 0.717) is 11.3 Å². The molecule has 1 aromatic carbocycles. The number of aryl methyl sites for hydroxylation is 1. The zero-order valence-electron chi connectivity index (χ0n) is 12.8. The average molecular weight is 300 g/mol. The maximum Gasteiger partial charge on any atom is 0.338 e. The molecule has 2 N–H and O–H groups in total. The van der Waals surface area contributed by atoms with Crippen LogP contribution < -0.4 is 10.6 Å². The lowest BCUT2D eigenvalue weighted by Gasteiger charge is -2.28. The Labute approximate surface area is 130 Å². The summed E-state index contributed by atoms with van der Waals surface area (Å²) in [6.07, 6.45) is 2.44. The molecule has 0 bridgehead atoms. The maximum absolute atomic E-state index is 12.3. The summed E-state index contributed by atoms with van der Waals surface area (Å²) >= 11 is 0. The van der Waals surface area contributed by atoms with Crippen molar-refractivity contribution in [2.24, 2.45) is 0 Å². The highest BCUT2D eigenvalue weighted by Gasteiger charge is 2.31. The highest BCUT2D eigenvalue weighted by molar-refractivity contribution is 5.95. The Hall–Kier alpha value is -2.56. The van der Waals surface area contributed by atoms with Gasteiger partial charge in [-0.2, -0.15) is 0 Å². The summed E-state index contributed by atoms with van der Waals surface area (Å²) < 4.78 is 5.13. The molecule has 1 aromatic rings. The van der Waals surface area contributed by atoms with Gasteiger partial charge in [0.05, 0.1) is 11.6 Å². The minimum atomic E-state index is -0.517. The first-order valence-electron chi connectivity index (χ1n) is 7.22. The van der Waals surface area contributed by atoms with Gasteiger partial charge in [0.25, 0.3) is 0 Å². The topological polar surface area (TPSA) is 67.4 Å². The van der Waals surface area contributed by atoms with Crippen molar-refractivity contribution in [3.8, 4) is 0 Å². The van der Waals surface area contributed by atoms with Crippen LogP contribution in [0.5, 0.6) is 0 Å². The van der Waals surface area contributed by atoms with Gasteiger partial charge in [0.2, 0.25) is 0 Å². The number of hydrogen-bond donors (Lipinski definition) is 2. The third kappa shape index (κ3) is 3.36. The number of hydrogen-bond acceptors (Lipinski definition) is 3. The number of benzene rings is 1. The van der Waals surface area contributed by atoms with E-state index >= 15 is 0 Å². The molecule has 1 aliphatic rings. The van der Waals surface area contributed by atoms with Gasteiger partial charge < -0.3 is 15.4 Å². The normalized spacial score (nSPS) is 17.5. The number of urea groups is 1. The van der Waals surface area contributed by atoms with Gasteiger partial charge in [-0.3, -0.25) is 0 Å². The lowest BCUT2D eigenvalue weighted by atomic mass is 9.94. The van der Waals surface area contributed by atoms with Crippen LogP contribution in [-0.4, -0.2) is 18.6 Å². The molecule has 2 rings (SSSR count). The molecule has 0 unspecified atom stereocenters. The number of nitrogens with one attached hydrogen (secondary N) is 2. The van der Waals surface area contributed by atoms with Crippen molar-refractivity contribution < 1.29 is 14.3 Å². The fourth-order valence-electron chi connectivity index (χ4n) is 2.37. The molecule has 0 saturated carbocycles. The standard InChI is InChI=1S/C17H20N2O3/c1-4-10-22-16(20)14-11(3)18-17(21)19-15(14)13-8-6-12(5-2)7-9-13/h4,6-9,15H,1,5,10H2,2-3H3,(H2,18,19,21)/t15-/m1/s1. The quantitative estimate of drug-likeness (QED) is 0.649. The smallest absolute Gasteiger partial charge is 0.338 e. The van der Waals surface area contributed by atoms with E-state index in [2.05, 4.69) is 24.1 Å². The van der Waals surface area contributed by atoms with E-state index in [4.69, 9.17) is 4.74 Å². The van der Waals surface area contributed by atoms with Crippen molar-refractivity contribution in [2.75, 3.05) is 6.61 Å². The Morgan fingerprint density at radius 3 is 2.64 bits per heavy atom. The summed E-state index contributed by atoms with van der Waals surface area (Å²) in [7, 11) is 0. The molecular weight excluding hydrogens is 280 g/mol. The van der Waals surface area contributed by atoms with Crippen LogP contribution in [-0.2, 0) is 16.0 Å². The molecule has 1 atom stereocenters. The maximum atomic E-state index is 12.3. The van der Waals surface area contributed by atoms with Crippen LogP contribution in [0.15, 0.2) is 48.2 Å². The number of amides is 2. The summed E-state index contributed by atoms with van der Waals surface area (Å²) in [6.45, 7) is 7.42. The molecule has 1 aliphatic heterocycles. The van der Waals surface area contributed by atoms with Gasteiger partial charge in [-0.05, 0) is 24.5 Å². The fraction of sp³-hybridized carbons (Fsp3) is 0.294. The molecule has 5 heteroatoms. The van der Waals surface area contributed by atoms with E-state index in [1.54, 1.807) is 6.92 Å². The number of ether oxygens (including phenoxy) is 1. The van der Waals surface area contributed by atoms with Gasteiger partial charge in [-0.15, -0.1) is 0 Å². The molecule has 0 saturated heterocycles. The predicted molar refractivity (Wildman–Crippen MR) is 84.1 cm³/mol. The van der Waals surface area contributed by atoms with Crippen LogP contribution in [0.1, 0.15) is 31.0 Å². The van der Waals surface area contributed by atoms with E-state index in [1.165, 1.54) is 11.6 Å². The molecule has 0 fully saturated rings. The first-order chi connectivity index (χ1) is 10.6. The minimum absolute atomic E-state index is 0.130. The molecule has 5 nitrogen and oxygen atoms in total. The highest BCUT2D eigenvalue weighted by atomic mass is 16.5. The van der Waals surface area contributed by atoms with Crippen LogP contribution in [0.2, 0.25) is 0 Å². The van der Waals surface area contributed by atoms with Crippen molar-refractivity contribution in [1.29, 1.82) is 0 Å². The molecule has 22 heavy (non-hydrogen) atoms. The van der Waals surface area contributed by atoms with Crippen LogP contribution in [0, 0.1) is 0 Å². The Kier molecular flexibility index (Phi) is 4.99. The lowest BCUT2D eigenvalue weighted by molar-refractivity contribution is -0.138. The zero-order valence-corrected chi connectivity index (χ0v) is 12.8. The van der Waals surface area contributed by atoms with Crippen LogP contribution in [0.3, 0.4) is 0 Å². The van der Waals surface area contributed by atoms with E-state index in [0.717, 1.165) is 12.0 Å². The van der Waals surface area contributed by atoms with Gasteiger partial charge in [-0.25, -0.2) is 9.59 Å². The largest absolute Gasteiger partial charge is 0.458 e. The summed E-state index contributed by atoms with van der Waals surface area (Å²) in [5.74, 6) is -0.463. The number of esters is 1. The SMILES string of the molecule is C=CCOC(=O)C1=C(C)NC(=O)N[C@@H]1c1ccc(CC)cc1. The van der Waals surface area contributed by atoms with Crippen molar-refractivity contribution in [1.82, 2.24) is 10.6 Å². The number of carbonyl (C=O) groups excluding carboxylic acids is 2. The van der Waals surface area contributed by atoms with Crippen LogP contribution in [0.4, 0.5) is 4.79 Å². The Balaban J connectivity index is 2.36. The third-order valence-electron chi connectivity index (χ3n) is 3.54. The summed E-state index contributed by atoms with van der Waals surface area (Å²) in [5.41, 5.74) is 2.95. The second-order valence-electron chi connectivity index (χ2n) is 5.05. The molecule has 116 valence electrons. The highest BCUT2D eigenvalue weighted by Crippen LogP contribution is 2.27. The molecule has 0 radical (unpaired) electrons. The average Bonchev–Trinajstić information content (AvgIpc) is 2.52. The van der Waals surface area contributed by atoms with Crippen LogP contribution >= 0.6 is 0 Å². The van der Waals surface area contributed by atoms with Gasteiger partial charge in [-0.1, -0.05) is 43.8 Å². The number of allylic oxidation sites excluding steroid dienone is 1. The van der Waals surface area contributed by atoms with E-state index in [-0.39, 0.29) is 12.6 Å². The Bertz CT molecular complexity index is 617. The molecule has 0 spiro atoms. The molecule has 2 amide bonds. The van der Waals surface area contributed by atoms with Gasteiger partial charge in [0.15, 0.2) is 0 Å². The van der Waals surface area contributed by atoms with Crippen molar-refractivity contribution in [3.63, 3.8) is 0 Å². The first kappa shape index (κ1) is 15.8. The van der Waals surface area contributed by atoms with Crippen molar-refractivity contribution in [3.05, 3.63) is 59.3 Å². The molecular formula is C17H20N2O3.